The third-order valence-electron chi connectivity index (χ3n) is 6.21. The van der Waals surface area contributed by atoms with E-state index in [1.807, 2.05) is 43.3 Å². The molecule has 7 heteroatoms. The van der Waals surface area contributed by atoms with Crippen molar-refractivity contribution in [1.82, 2.24) is 10.2 Å². The molecule has 0 spiro atoms. The summed E-state index contributed by atoms with van der Waals surface area (Å²) >= 11 is 0. The molecule has 1 aliphatic rings. The number of nitrogens with zero attached hydrogens (tertiary/aromatic N) is 2. The minimum absolute atomic E-state index is 0.0573. The number of nitrogens with one attached hydrogen (secondary N) is 1. The first-order valence-corrected chi connectivity index (χ1v) is 11.6. The van der Waals surface area contributed by atoms with Gasteiger partial charge in [-0.25, -0.2) is 4.39 Å². The molecule has 0 radical (unpaired) electrons. The van der Waals surface area contributed by atoms with Crippen LogP contribution in [0.2, 0.25) is 0 Å². The minimum Gasteiger partial charge on any atom is -0.355 e. The van der Waals surface area contributed by atoms with Gasteiger partial charge < -0.3 is 15.1 Å². The molecule has 0 fully saturated rings. The van der Waals surface area contributed by atoms with Crippen LogP contribution in [0.4, 0.5) is 10.1 Å². The average Bonchev–Trinajstić information content (AvgIpc) is 3.11. The molecule has 0 aliphatic carbocycles. The fraction of sp³-hybridized carbons (Fsp3) is 0.296. The van der Waals surface area contributed by atoms with E-state index in [0.29, 0.717) is 25.1 Å². The number of benzene rings is 3. The monoisotopic (exact) mass is 461 g/mol. The zero-order chi connectivity index (χ0) is 24.2. The lowest BCUT2D eigenvalue weighted by molar-refractivity contribution is -0.140. The van der Waals surface area contributed by atoms with Gasteiger partial charge in [0.05, 0.1) is 5.69 Å². The summed E-state index contributed by atoms with van der Waals surface area (Å²) in [5.41, 5.74) is 2.29. The molecule has 0 saturated carbocycles. The van der Waals surface area contributed by atoms with Gasteiger partial charge in [-0.15, -0.1) is 0 Å². The molecule has 4 rings (SSSR count). The van der Waals surface area contributed by atoms with Crippen LogP contribution in [0.1, 0.15) is 42.6 Å². The van der Waals surface area contributed by atoms with Crippen molar-refractivity contribution in [3.8, 4) is 0 Å². The Bertz CT molecular complexity index is 1220. The molecule has 1 N–H and O–H groups in total. The van der Waals surface area contributed by atoms with Crippen molar-refractivity contribution in [1.29, 1.82) is 0 Å². The van der Waals surface area contributed by atoms with Crippen molar-refractivity contribution >= 4 is 34.2 Å². The quantitative estimate of drug-likeness (QED) is 0.517. The molecule has 3 aromatic carbocycles. The fourth-order valence-corrected chi connectivity index (χ4v) is 4.42. The van der Waals surface area contributed by atoms with Crippen LogP contribution in [0, 0.1) is 5.82 Å². The first-order valence-electron chi connectivity index (χ1n) is 11.6. The maximum atomic E-state index is 13.3. The molecular formula is C27H28FN3O3. The lowest BCUT2D eigenvalue weighted by Gasteiger charge is -2.29. The Morgan fingerprint density at radius 2 is 1.76 bits per heavy atom. The molecule has 34 heavy (non-hydrogen) atoms. The van der Waals surface area contributed by atoms with Gasteiger partial charge in [0.2, 0.25) is 11.8 Å². The van der Waals surface area contributed by atoms with Crippen LogP contribution in [0.25, 0.3) is 10.8 Å². The minimum atomic E-state index is -0.677. The van der Waals surface area contributed by atoms with Gasteiger partial charge >= 0.3 is 0 Å². The second-order valence-electron chi connectivity index (χ2n) is 8.46. The number of carbonyl (C=O) groups is 3. The molecule has 1 atom stereocenters. The molecule has 6 nitrogen and oxygen atoms in total. The molecule has 0 saturated heterocycles. The Kier molecular flexibility index (Phi) is 6.91. The Labute approximate surface area is 198 Å². The van der Waals surface area contributed by atoms with E-state index in [2.05, 4.69) is 5.32 Å². The Morgan fingerprint density at radius 3 is 2.47 bits per heavy atom. The molecule has 1 aliphatic heterocycles. The van der Waals surface area contributed by atoms with Crippen molar-refractivity contribution in [2.75, 3.05) is 18.0 Å². The van der Waals surface area contributed by atoms with Crippen LogP contribution in [-0.2, 0) is 16.1 Å². The van der Waals surface area contributed by atoms with Gasteiger partial charge in [-0.3, -0.25) is 14.4 Å². The molecule has 1 heterocycles. The first kappa shape index (κ1) is 23.4. The van der Waals surface area contributed by atoms with Gasteiger partial charge in [0.15, 0.2) is 0 Å². The molecule has 3 amide bonds. The number of carbonyl (C=O) groups excluding carboxylic acids is 3. The summed E-state index contributed by atoms with van der Waals surface area (Å²) in [7, 11) is 0. The van der Waals surface area contributed by atoms with E-state index in [-0.39, 0.29) is 36.5 Å². The number of anilines is 1. The van der Waals surface area contributed by atoms with Gasteiger partial charge in [-0.05, 0) is 55.5 Å². The maximum Gasteiger partial charge on any atom is 0.258 e. The topological polar surface area (TPSA) is 69.7 Å². The highest BCUT2D eigenvalue weighted by molar-refractivity contribution is 6.25. The van der Waals surface area contributed by atoms with Crippen LogP contribution < -0.4 is 10.2 Å². The lowest BCUT2D eigenvalue weighted by Crippen LogP contribution is -2.47. The van der Waals surface area contributed by atoms with E-state index < -0.39 is 6.04 Å². The van der Waals surface area contributed by atoms with Crippen molar-refractivity contribution in [2.45, 2.75) is 39.3 Å². The fourth-order valence-electron chi connectivity index (χ4n) is 4.42. The molecule has 0 aromatic heterocycles. The first-order chi connectivity index (χ1) is 16.4. The molecular weight excluding hydrogens is 433 g/mol. The van der Waals surface area contributed by atoms with Crippen LogP contribution >= 0.6 is 0 Å². The molecule has 3 aromatic rings. The summed E-state index contributed by atoms with van der Waals surface area (Å²) in [4.78, 5) is 41.9. The van der Waals surface area contributed by atoms with E-state index in [4.69, 9.17) is 0 Å². The van der Waals surface area contributed by atoms with Crippen LogP contribution in [0.3, 0.4) is 0 Å². The SMILES string of the molecule is CCNC(=O)[C@H](C)N(Cc1ccc(F)cc1)C(=O)CCCN1C(=O)c2cccc3cccc1c23. The highest BCUT2D eigenvalue weighted by Crippen LogP contribution is 2.37. The Hall–Kier alpha value is -3.74. The smallest absolute Gasteiger partial charge is 0.258 e. The maximum absolute atomic E-state index is 13.3. The molecule has 0 unspecified atom stereocenters. The van der Waals surface area contributed by atoms with Crippen molar-refractivity contribution in [2.24, 2.45) is 0 Å². The summed E-state index contributed by atoms with van der Waals surface area (Å²) in [5.74, 6) is -0.844. The van der Waals surface area contributed by atoms with Crippen LogP contribution in [-0.4, -0.2) is 41.8 Å². The van der Waals surface area contributed by atoms with E-state index in [1.54, 1.807) is 24.0 Å². The van der Waals surface area contributed by atoms with Crippen molar-refractivity contribution in [3.05, 3.63) is 77.6 Å². The third kappa shape index (κ3) is 4.64. The number of amides is 3. The highest BCUT2D eigenvalue weighted by atomic mass is 19.1. The molecule has 0 bridgehead atoms. The van der Waals surface area contributed by atoms with Gasteiger partial charge in [0.1, 0.15) is 11.9 Å². The summed E-state index contributed by atoms with van der Waals surface area (Å²) < 4.78 is 13.3. The van der Waals surface area contributed by atoms with Crippen LogP contribution in [0.15, 0.2) is 60.7 Å². The zero-order valence-corrected chi connectivity index (χ0v) is 19.4. The van der Waals surface area contributed by atoms with E-state index >= 15 is 0 Å². The van der Waals surface area contributed by atoms with E-state index in [0.717, 1.165) is 22.0 Å². The standard InChI is InChI=1S/C27H28FN3O3/c1-3-29-26(33)18(2)31(17-19-12-14-21(28)15-13-19)24(32)11-6-16-30-23-10-5-8-20-7-4-9-22(25(20)23)27(30)34/h4-5,7-10,12-15,18H,3,6,11,16-17H2,1-2H3,(H,29,33)/t18-/m0/s1. The number of hydrogen-bond donors (Lipinski definition) is 1. The summed E-state index contributed by atoms with van der Waals surface area (Å²) in [6.45, 7) is 4.57. The number of halogens is 1. The van der Waals surface area contributed by atoms with Gasteiger partial charge in [-0.2, -0.15) is 0 Å². The number of hydrogen-bond acceptors (Lipinski definition) is 3. The average molecular weight is 462 g/mol. The second kappa shape index (κ2) is 10.0. The van der Waals surface area contributed by atoms with Crippen LogP contribution in [0.5, 0.6) is 0 Å². The Morgan fingerprint density at radius 1 is 1.06 bits per heavy atom. The van der Waals surface area contributed by atoms with Crippen molar-refractivity contribution < 1.29 is 18.8 Å². The van der Waals surface area contributed by atoms with Crippen molar-refractivity contribution in [3.63, 3.8) is 0 Å². The summed E-state index contributed by atoms with van der Waals surface area (Å²) in [6.07, 6.45) is 0.637. The second-order valence-corrected chi connectivity index (χ2v) is 8.46. The highest BCUT2D eigenvalue weighted by Gasteiger charge is 2.30. The Balaban J connectivity index is 1.45. The normalized spacial score (nSPS) is 13.3. The summed E-state index contributed by atoms with van der Waals surface area (Å²) in [5, 5.41) is 4.72. The largest absolute Gasteiger partial charge is 0.355 e. The van der Waals surface area contributed by atoms with Gasteiger partial charge in [0, 0.05) is 37.0 Å². The zero-order valence-electron chi connectivity index (χ0n) is 19.4. The van der Waals surface area contributed by atoms with Gasteiger partial charge in [0.25, 0.3) is 5.91 Å². The summed E-state index contributed by atoms with van der Waals surface area (Å²) in [6, 6.07) is 16.8. The predicted molar refractivity (Wildman–Crippen MR) is 130 cm³/mol. The molecule has 176 valence electrons. The van der Waals surface area contributed by atoms with E-state index in [9.17, 15) is 18.8 Å². The number of likely N-dealkylation sites (N-methyl/N-ethyl adjacent to an activating group) is 1. The predicted octanol–water partition coefficient (Wildman–Crippen LogP) is 4.27. The lowest BCUT2D eigenvalue weighted by atomic mass is 10.1. The third-order valence-corrected chi connectivity index (χ3v) is 6.21. The van der Waals surface area contributed by atoms with E-state index in [1.165, 1.54) is 17.0 Å². The van der Waals surface area contributed by atoms with Gasteiger partial charge in [-0.1, -0.05) is 36.4 Å². The number of rotatable bonds is 9.